The molecule has 1 amide bonds. The van der Waals surface area contributed by atoms with Crippen molar-refractivity contribution in [2.75, 3.05) is 5.32 Å². The van der Waals surface area contributed by atoms with Gasteiger partial charge in [0.25, 0.3) is 5.91 Å². The van der Waals surface area contributed by atoms with Gasteiger partial charge < -0.3 is 10.1 Å². The first-order valence-electron chi connectivity index (χ1n) is 9.48. The van der Waals surface area contributed by atoms with Crippen LogP contribution in [0.5, 0.6) is 11.8 Å². The van der Waals surface area contributed by atoms with E-state index in [4.69, 9.17) is 4.74 Å². The molecule has 2 aromatic heterocycles. The number of ether oxygens (including phenoxy) is 1. The lowest BCUT2D eigenvalue weighted by Gasteiger charge is -2.11. The molecule has 0 atom stereocenters. The van der Waals surface area contributed by atoms with E-state index in [0.29, 0.717) is 17.0 Å². The molecule has 0 aliphatic carbocycles. The molecule has 0 aliphatic rings. The van der Waals surface area contributed by atoms with Gasteiger partial charge in [0.05, 0.1) is 5.69 Å². The van der Waals surface area contributed by atoms with Gasteiger partial charge in [-0.2, -0.15) is 4.98 Å². The summed E-state index contributed by atoms with van der Waals surface area (Å²) in [6.45, 7) is 3.88. The number of nitrogens with one attached hydrogen (secondary N) is 1. The normalized spacial score (nSPS) is 10.5. The number of amides is 1. The average Bonchev–Trinajstić information content (AvgIpc) is 2.77. The quantitative estimate of drug-likeness (QED) is 0.502. The van der Waals surface area contributed by atoms with Gasteiger partial charge in [0.2, 0.25) is 0 Å². The Morgan fingerprint density at radius 2 is 1.87 bits per heavy atom. The van der Waals surface area contributed by atoms with E-state index in [-0.39, 0.29) is 11.9 Å². The monoisotopic (exact) mass is 396 g/mol. The summed E-state index contributed by atoms with van der Waals surface area (Å²) >= 11 is 0. The summed E-state index contributed by atoms with van der Waals surface area (Å²) in [4.78, 5) is 25.3. The third-order valence-electron chi connectivity index (χ3n) is 4.52. The van der Waals surface area contributed by atoms with Gasteiger partial charge in [0.15, 0.2) is 0 Å². The van der Waals surface area contributed by atoms with E-state index in [1.165, 1.54) is 0 Å². The van der Waals surface area contributed by atoms with Crippen LogP contribution < -0.4 is 10.1 Å². The van der Waals surface area contributed by atoms with Crippen LogP contribution in [0.2, 0.25) is 0 Å². The van der Waals surface area contributed by atoms with Crippen LogP contribution in [-0.4, -0.2) is 20.9 Å². The second kappa shape index (κ2) is 8.53. The van der Waals surface area contributed by atoms with Crippen molar-refractivity contribution < 1.29 is 9.53 Å². The number of hydrogen-bond acceptors (Lipinski definition) is 5. The highest BCUT2D eigenvalue weighted by atomic mass is 16.5. The predicted octanol–water partition coefficient (Wildman–Crippen LogP) is 5.20. The second-order valence-electron chi connectivity index (χ2n) is 6.87. The van der Waals surface area contributed by atoms with Crippen LogP contribution in [0.25, 0.3) is 11.3 Å². The average molecular weight is 396 g/mol. The first-order chi connectivity index (χ1) is 14.6. The third kappa shape index (κ3) is 4.50. The molecule has 2 heterocycles. The first-order valence-corrected chi connectivity index (χ1v) is 9.48. The van der Waals surface area contributed by atoms with Crippen molar-refractivity contribution in [1.29, 1.82) is 0 Å². The maximum atomic E-state index is 12.5. The van der Waals surface area contributed by atoms with Crippen molar-refractivity contribution in [1.82, 2.24) is 15.0 Å². The van der Waals surface area contributed by atoms with Crippen LogP contribution >= 0.6 is 0 Å². The fourth-order valence-electron chi connectivity index (χ4n) is 2.94. The van der Waals surface area contributed by atoms with E-state index in [9.17, 15) is 4.79 Å². The molecular weight excluding hydrogens is 376 g/mol. The van der Waals surface area contributed by atoms with Crippen molar-refractivity contribution in [3.63, 3.8) is 0 Å². The molecule has 6 nitrogen and oxygen atoms in total. The Morgan fingerprint density at radius 1 is 0.967 bits per heavy atom. The Morgan fingerprint density at radius 3 is 2.67 bits per heavy atom. The number of benzene rings is 2. The van der Waals surface area contributed by atoms with E-state index in [0.717, 1.165) is 22.4 Å². The Hall–Kier alpha value is -4.06. The van der Waals surface area contributed by atoms with Crippen LogP contribution in [0.3, 0.4) is 0 Å². The maximum absolute atomic E-state index is 12.5. The summed E-state index contributed by atoms with van der Waals surface area (Å²) < 4.78 is 5.92. The van der Waals surface area contributed by atoms with Gasteiger partial charge >= 0.3 is 6.01 Å². The molecule has 0 aliphatic heterocycles. The van der Waals surface area contributed by atoms with Gasteiger partial charge in [-0.1, -0.05) is 23.8 Å². The molecule has 0 bridgehead atoms. The fraction of sp³-hybridized carbons (Fsp3) is 0.0833. The van der Waals surface area contributed by atoms with Crippen molar-refractivity contribution in [2.45, 2.75) is 13.8 Å². The number of aromatic nitrogens is 3. The highest BCUT2D eigenvalue weighted by Crippen LogP contribution is 2.27. The first kappa shape index (κ1) is 19.3. The van der Waals surface area contributed by atoms with Gasteiger partial charge in [-0.05, 0) is 55.8 Å². The molecular formula is C24H20N4O2. The largest absolute Gasteiger partial charge is 0.424 e. The Balaban J connectivity index is 1.55. The highest BCUT2D eigenvalue weighted by Gasteiger charge is 2.10. The molecule has 0 radical (unpaired) electrons. The van der Waals surface area contributed by atoms with Crippen molar-refractivity contribution >= 4 is 11.6 Å². The number of carbonyl (C=O) groups is 1. The fourth-order valence-corrected chi connectivity index (χ4v) is 2.94. The standard InChI is InChI=1S/C24H20N4O2/c1-16-5-3-6-18(13-16)23(29)27-20-9-8-17(2)22(14-20)30-24-26-12-10-21(28-24)19-7-4-11-25-15-19/h3-15H,1-2H3,(H,27,29). The van der Waals surface area contributed by atoms with Gasteiger partial charge in [-0.15, -0.1) is 0 Å². The molecule has 148 valence electrons. The Kier molecular flexibility index (Phi) is 5.48. The molecule has 0 saturated heterocycles. The molecule has 0 unspecified atom stereocenters. The highest BCUT2D eigenvalue weighted by molar-refractivity contribution is 6.04. The van der Waals surface area contributed by atoms with Crippen molar-refractivity contribution in [3.8, 4) is 23.0 Å². The zero-order chi connectivity index (χ0) is 20.9. The number of hydrogen-bond donors (Lipinski definition) is 1. The molecule has 0 spiro atoms. The predicted molar refractivity (Wildman–Crippen MR) is 116 cm³/mol. The number of nitrogens with zero attached hydrogens (tertiary/aromatic N) is 3. The van der Waals surface area contributed by atoms with E-state index >= 15 is 0 Å². The number of anilines is 1. The minimum atomic E-state index is -0.177. The number of aryl methyl sites for hydroxylation is 2. The minimum Gasteiger partial charge on any atom is -0.424 e. The Bertz CT molecular complexity index is 1190. The molecule has 0 saturated carbocycles. The minimum absolute atomic E-state index is 0.177. The smallest absolute Gasteiger partial charge is 0.322 e. The summed E-state index contributed by atoms with van der Waals surface area (Å²) in [7, 11) is 0. The van der Waals surface area contributed by atoms with E-state index in [1.54, 1.807) is 36.8 Å². The summed E-state index contributed by atoms with van der Waals surface area (Å²) in [5.74, 6) is 0.392. The number of pyridine rings is 1. The zero-order valence-corrected chi connectivity index (χ0v) is 16.7. The van der Waals surface area contributed by atoms with Crippen LogP contribution in [-0.2, 0) is 0 Å². The van der Waals surface area contributed by atoms with Crippen molar-refractivity contribution in [3.05, 3.63) is 95.9 Å². The molecule has 2 aromatic carbocycles. The zero-order valence-electron chi connectivity index (χ0n) is 16.7. The van der Waals surface area contributed by atoms with E-state index < -0.39 is 0 Å². The lowest BCUT2D eigenvalue weighted by Crippen LogP contribution is -2.12. The van der Waals surface area contributed by atoms with Gasteiger partial charge in [-0.25, -0.2) is 4.98 Å². The number of carbonyl (C=O) groups excluding carboxylic acids is 1. The Labute approximate surface area is 174 Å². The van der Waals surface area contributed by atoms with Crippen molar-refractivity contribution in [2.24, 2.45) is 0 Å². The summed E-state index contributed by atoms with van der Waals surface area (Å²) in [6, 6.07) is 18.7. The molecule has 30 heavy (non-hydrogen) atoms. The molecule has 1 N–H and O–H groups in total. The SMILES string of the molecule is Cc1cccc(C(=O)Nc2ccc(C)c(Oc3nccc(-c4cccnc4)n3)c2)c1. The topological polar surface area (TPSA) is 77.0 Å². The summed E-state index contributed by atoms with van der Waals surface area (Å²) in [5.41, 5.74) is 4.76. The van der Waals surface area contributed by atoms with Crippen LogP contribution in [0.4, 0.5) is 5.69 Å². The van der Waals surface area contributed by atoms with Crippen LogP contribution in [0, 0.1) is 13.8 Å². The molecule has 4 aromatic rings. The van der Waals surface area contributed by atoms with E-state index in [1.807, 2.05) is 56.3 Å². The lowest BCUT2D eigenvalue weighted by molar-refractivity contribution is 0.102. The van der Waals surface area contributed by atoms with Gasteiger partial charge in [0.1, 0.15) is 5.75 Å². The number of rotatable bonds is 5. The molecule has 6 heteroatoms. The van der Waals surface area contributed by atoms with Crippen LogP contribution in [0.15, 0.2) is 79.3 Å². The summed E-state index contributed by atoms with van der Waals surface area (Å²) in [6.07, 6.45) is 5.09. The third-order valence-corrected chi connectivity index (χ3v) is 4.52. The summed E-state index contributed by atoms with van der Waals surface area (Å²) in [5, 5.41) is 2.91. The van der Waals surface area contributed by atoms with Crippen LogP contribution in [0.1, 0.15) is 21.5 Å². The maximum Gasteiger partial charge on any atom is 0.322 e. The lowest BCUT2D eigenvalue weighted by atomic mass is 10.1. The second-order valence-corrected chi connectivity index (χ2v) is 6.87. The molecule has 4 rings (SSSR count). The molecule has 0 fully saturated rings. The van der Waals surface area contributed by atoms with E-state index in [2.05, 4.69) is 20.3 Å². The van der Waals surface area contributed by atoms with Gasteiger partial charge in [-0.3, -0.25) is 9.78 Å². The van der Waals surface area contributed by atoms with Gasteiger partial charge in [0, 0.05) is 41.5 Å².